The van der Waals surface area contributed by atoms with Crippen molar-refractivity contribution in [2.75, 3.05) is 0 Å². The highest BCUT2D eigenvalue weighted by molar-refractivity contribution is 6.31. The Kier molecular flexibility index (Phi) is 2.95. The van der Waals surface area contributed by atoms with Crippen LogP contribution >= 0.6 is 11.6 Å². The fraction of sp³-hybridized carbons (Fsp3) is 0.286. The Morgan fingerprint density at radius 2 is 2.06 bits per heavy atom. The first-order valence-electron chi connectivity index (χ1n) is 3.90. The summed E-state index contributed by atoms with van der Waals surface area (Å²) in [5.74, 6) is -1.91. The zero-order valence-electron chi connectivity index (χ0n) is 7.57. The minimum absolute atomic E-state index is 0.111. The van der Waals surface area contributed by atoms with Crippen molar-refractivity contribution in [1.82, 2.24) is 0 Å². The predicted octanol–water partition coefficient (Wildman–Crippen LogP) is 0.424. The summed E-state index contributed by atoms with van der Waals surface area (Å²) in [5, 5.41) is 30.0. The molecule has 0 aromatic rings. The molecule has 0 bridgehead atoms. The summed E-state index contributed by atoms with van der Waals surface area (Å²) in [7, 11) is 0. The minimum Gasteiger partial charge on any atom is -0.475 e. The van der Waals surface area contributed by atoms with E-state index in [1.807, 2.05) is 0 Å². The first kappa shape index (κ1) is 12.1. The molecule has 86 valence electrons. The Balaban J connectivity index is 3.39. The summed E-state index contributed by atoms with van der Waals surface area (Å²) in [6, 6.07) is -2.03. The lowest BCUT2D eigenvalue weighted by atomic mass is 9.87. The van der Waals surface area contributed by atoms with Gasteiger partial charge in [0.2, 0.25) is 0 Å². The molecule has 0 spiro atoms. The highest BCUT2D eigenvalue weighted by Gasteiger charge is 2.63. The van der Waals surface area contributed by atoms with Gasteiger partial charge >= 0.3 is 17.6 Å². The molecule has 16 heavy (non-hydrogen) atoms. The van der Waals surface area contributed by atoms with E-state index in [1.165, 1.54) is 0 Å². The zero-order valence-corrected chi connectivity index (χ0v) is 8.33. The van der Waals surface area contributed by atoms with Crippen LogP contribution in [-0.2, 0) is 4.79 Å². The normalized spacial score (nSPS) is 28.3. The Hall–Kier alpha value is -1.96. The summed E-state index contributed by atoms with van der Waals surface area (Å²) in [6.45, 7) is 0. The van der Waals surface area contributed by atoms with Gasteiger partial charge in [-0.15, -0.1) is 0 Å². The number of nitro groups is 2. The smallest absolute Gasteiger partial charge is 0.403 e. The molecular formula is C7H5ClN2O6. The lowest BCUT2D eigenvalue weighted by Crippen LogP contribution is -2.57. The molecule has 1 aliphatic carbocycles. The van der Waals surface area contributed by atoms with E-state index in [9.17, 15) is 25.0 Å². The van der Waals surface area contributed by atoms with Crippen LogP contribution in [0.2, 0.25) is 0 Å². The van der Waals surface area contributed by atoms with Gasteiger partial charge in [0.05, 0.1) is 4.92 Å². The molecule has 0 heterocycles. The third kappa shape index (κ3) is 1.63. The third-order valence-corrected chi connectivity index (χ3v) is 2.39. The number of rotatable bonds is 3. The van der Waals surface area contributed by atoms with Gasteiger partial charge < -0.3 is 5.11 Å². The largest absolute Gasteiger partial charge is 0.475 e. The monoisotopic (exact) mass is 248 g/mol. The fourth-order valence-corrected chi connectivity index (χ4v) is 1.49. The first-order chi connectivity index (χ1) is 7.32. The molecule has 0 aromatic carbocycles. The van der Waals surface area contributed by atoms with Gasteiger partial charge in [0.25, 0.3) is 0 Å². The molecule has 8 nitrogen and oxygen atoms in total. The van der Waals surface area contributed by atoms with Gasteiger partial charge in [-0.3, -0.25) is 20.2 Å². The Morgan fingerprint density at radius 3 is 2.44 bits per heavy atom. The van der Waals surface area contributed by atoms with Crippen molar-refractivity contribution in [2.45, 2.75) is 11.6 Å². The summed E-state index contributed by atoms with van der Waals surface area (Å²) < 4.78 is 0. The van der Waals surface area contributed by atoms with Crippen LogP contribution in [0.3, 0.4) is 0 Å². The number of carboxylic acids is 1. The maximum Gasteiger partial charge on any atom is 0.403 e. The van der Waals surface area contributed by atoms with E-state index >= 15 is 0 Å². The van der Waals surface area contributed by atoms with Crippen molar-refractivity contribution in [3.63, 3.8) is 0 Å². The molecule has 0 amide bonds. The number of halogens is 1. The van der Waals surface area contributed by atoms with Gasteiger partial charge in [-0.25, -0.2) is 4.79 Å². The maximum absolute atomic E-state index is 10.9. The number of aliphatic carboxylic acids is 1. The molecule has 1 rings (SSSR count). The molecule has 2 atom stereocenters. The second-order valence-corrected chi connectivity index (χ2v) is 3.44. The molecule has 0 aliphatic heterocycles. The predicted molar refractivity (Wildman–Crippen MR) is 51.2 cm³/mol. The van der Waals surface area contributed by atoms with Gasteiger partial charge in [-0.1, -0.05) is 11.6 Å². The van der Waals surface area contributed by atoms with Crippen molar-refractivity contribution in [1.29, 1.82) is 0 Å². The number of nitrogens with zero attached hydrogens (tertiary/aromatic N) is 2. The number of carboxylic acid groups (broad SMARTS) is 1. The van der Waals surface area contributed by atoms with Crippen LogP contribution in [0.15, 0.2) is 23.3 Å². The van der Waals surface area contributed by atoms with Gasteiger partial charge in [0.15, 0.2) is 0 Å². The lowest BCUT2D eigenvalue weighted by Gasteiger charge is -2.21. The minimum atomic E-state index is -2.80. The molecule has 0 saturated heterocycles. The van der Waals surface area contributed by atoms with Gasteiger partial charge in [0, 0.05) is 22.1 Å². The van der Waals surface area contributed by atoms with E-state index in [1.54, 1.807) is 0 Å². The Bertz CT molecular complexity index is 415. The molecule has 0 radical (unpaired) electrons. The van der Waals surface area contributed by atoms with Crippen molar-refractivity contribution in [3.05, 3.63) is 43.5 Å². The molecule has 9 heteroatoms. The molecule has 0 fully saturated rings. The van der Waals surface area contributed by atoms with Gasteiger partial charge in [-0.05, 0) is 6.08 Å². The van der Waals surface area contributed by atoms with E-state index in [0.29, 0.717) is 6.08 Å². The number of hydrogen-bond acceptors (Lipinski definition) is 5. The molecule has 2 unspecified atom stereocenters. The maximum atomic E-state index is 10.9. The average Bonchev–Trinajstić information content (AvgIpc) is 2.16. The summed E-state index contributed by atoms with van der Waals surface area (Å²) in [5.41, 5.74) is -2.80. The van der Waals surface area contributed by atoms with Crippen LogP contribution in [0.25, 0.3) is 0 Å². The second-order valence-electron chi connectivity index (χ2n) is 3.00. The highest BCUT2D eigenvalue weighted by atomic mass is 35.5. The van der Waals surface area contributed by atoms with E-state index in [4.69, 9.17) is 16.7 Å². The first-order valence-corrected chi connectivity index (χ1v) is 4.28. The highest BCUT2D eigenvalue weighted by Crippen LogP contribution is 2.28. The van der Waals surface area contributed by atoms with Crippen LogP contribution in [0, 0.1) is 20.2 Å². The molecule has 1 aliphatic rings. The summed E-state index contributed by atoms with van der Waals surface area (Å²) >= 11 is 5.45. The average molecular weight is 249 g/mol. The topological polar surface area (TPSA) is 124 Å². The molecule has 1 N–H and O–H groups in total. The van der Waals surface area contributed by atoms with Crippen LogP contribution < -0.4 is 0 Å². The van der Waals surface area contributed by atoms with Crippen LogP contribution in [0.4, 0.5) is 0 Å². The van der Waals surface area contributed by atoms with E-state index in [2.05, 4.69) is 0 Å². The number of allylic oxidation sites excluding steroid dienone is 2. The van der Waals surface area contributed by atoms with Gasteiger partial charge in [-0.2, -0.15) is 0 Å². The van der Waals surface area contributed by atoms with Crippen molar-refractivity contribution >= 4 is 17.6 Å². The lowest BCUT2D eigenvalue weighted by molar-refractivity contribution is -0.622. The SMILES string of the molecule is O=C(O)C1([N+](=O)[O-])C=CC(Cl)=CC1[N+](=O)[O-]. The number of hydrogen-bond donors (Lipinski definition) is 1. The van der Waals surface area contributed by atoms with Crippen LogP contribution in [-0.4, -0.2) is 32.5 Å². The van der Waals surface area contributed by atoms with Crippen molar-refractivity contribution in [2.24, 2.45) is 0 Å². The summed E-state index contributed by atoms with van der Waals surface area (Å²) in [6.07, 6.45) is 2.31. The third-order valence-electron chi connectivity index (χ3n) is 2.14. The van der Waals surface area contributed by atoms with Crippen LogP contribution in [0.5, 0.6) is 0 Å². The van der Waals surface area contributed by atoms with Crippen molar-refractivity contribution < 1.29 is 19.7 Å². The summed E-state index contributed by atoms with van der Waals surface area (Å²) in [4.78, 5) is 30.0. The zero-order chi connectivity index (χ0) is 12.5. The number of carbonyl (C=O) groups is 1. The van der Waals surface area contributed by atoms with Crippen LogP contribution in [0.1, 0.15) is 0 Å². The Morgan fingerprint density at radius 1 is 1.50 bits per heavy atom. The Labute approximate surface area is 93.1 Å². The second kappa shape index (κ2) is 3.89. The van der Waals surface area contributed by atoms with Gasteiger partial charge in [0.1, 0.15) is 0 Å². The molecule has 0 saturated carbocycles. The molecule has 0 aromatic heterocycles. The standard InChI is InChI=1S/C7H5ClN2O6/c8-4-1-2-7(6(11)12,10(15)16)5(3-4)9(13)14/h1-3,5H,(H,11,12). The van der Waals surface area contributed by atoms with E-state index in [-0.39, 0.29) is 5.03 Å². The van der Waals surface area contributed by atoms with E-state index < -0.39 is 27.4 Å². The fourth-order valence-electron chi connectivity index (χ4n) is 1.30. The quantitative estimate of drug-likeness (QED) is 0.570. The molecular weight excluding hydrogens is 244 g/mol. The van der Waals surface area contributed by atoms with Crippen molar-refractivity contribution in [3.8, 4) is 0 Å². The van der Waals surface area contributed by atoms with E-state index in [0.717, 1.165) is 12.2 Å².